The Morgan fingerprint density at radius 3 is 2.71 bits per heavy atom. The lowest BCUT2D eigenvalue weighted by Gasteiger charge is -2.16. The van der Waals surface area contributed by atoms with Crippen LogP contribution in [0.15, 0.2) is 34.0 Å². The van der Waals surface area contributed by atoms with E-state index in [1.165, 1.54) is 17.0 Å². The summed E-state index contributed by atoms with van der Waals surface area (Å²) in [6.07, 6.45) is -1.76. The number of aromatic nitrogens is 1. The summed E-state index contributed by atoms with van der Waals surface area (Å²) < 4.78 is 38.0. The minimum atomic E-state index is -4.51. The van der Waals surface area contributed by atoms with Gasteiger partial charge in [0.15, 0.2) is 5.82 Å². The van der Waals surface area contributed by atoms with Crippen LogP contribution in [0.25, 0.3) is 0 Å². The first-order chi connectivity index (χ1) is 9.87. The molecule has 21 heavy (non-hydrogen) atoms. The van der Waals surface area contributed by atoms with Crippen LogP contribution in [-0.2, 0) is 10.0 Å². The second-order valence-corrected chi connectivity index (χ2v) is 6.16. The smallest absolute Gasteiger partial charge is 0.427 e. The molecule has 1 aromatic carbocycles. The molecule has 1 heterocycles. The van der Waals surface area contributed by atoms with Gasteiger partial charge in [0.2, 0.25) is 0 Å². The Morgan fingerprint density at radius 1 is 1.48 bits per heavy atom. The molecular formula is C11H6FN3O4S2. The van der Waals surface area contributed by atoms with Gasteiger partial charge in [-0.15, -0.1) is 15.6 Å². The van der Waals surface area contributed by atoms with Gasteiger partial charge < -0.3 is 5.11 Å². The number of sulfonamides is 1. The highest BCUT2D eigenvalue weighted by Gasteiger charge is 2.32. The fourth-order valence-corrected chi connectivity index (χ4v) is 3.34. The molecule has 0 aliphatic rings. The molecule has 0 saturated carbocycles. The summed E-state index contributed by atoms with van der Waals surface area (Å²) in [6.45, 7) is 0. The van der Waals surface area contributed by atoms with Crippen molar-refractivity contribution in [3.63, 3.8) is 0 Å². The van der Waals surface area contributed by atoms with Gasteiger partial charge in [-0.1, -0.05) is 0 Å². The van der Waals surface area contributed by atoms with E-state index in [0.29, 0.717) is 0 Å². The molecule has 0 fully saturated rings. The molecule has 7 nitrogen and oxygen atoms in total. The third-order valence-electron chi connectivity index (χ3n) is 2.40. The van der Waals surface area contributed by atoms with E-state index < -0.39 is 32.4 Å². The standard InChI is InChI=1S/C11H6FN3O4S2/c12-9-2-1-8(3-7(9)4-13)21(18,19)15(11(16)17)10-5-20-6-14-10/h1-3,5-6H,(H,16,17). The summed E-state index contributed by atoms with van der Waals surface area (Å²) in [4.78, 5) is 14.3. The zero-order valence-corrected chi connectivity index (χ0v) is 11.7. The van der Waals surface area contributed by atoms with Gasteiger partial charge in [0.25, 0.3) is 10.0 Å². The third-order valence-corrected chi connectivity index (χ3v) is 4.65. The van der Waals surface area contributed by atoms with E-state index in [2.05, 4.69) is 4.98 Å². The number of carboxylic acid groups (broad SMARTS) is 1. The van der Waals surface area contributed by atoms with Gasteiger partial charge in [0.05, 0.1) is 16.0 Å². The second kappa shape index (κ2) is 5.47. The van der Waals surface area contributed by atoms with E-state index >= 15 is 0 Å². The van der Waals surface area contributed by atoms with Gasteiger partial charge in [-0.05, 0) is 18.2 Å². The topological polar surface area (TPSA) is 111 Å². The largest absolute Gasteiger partial charge is 0.464 e. The van der Waals surface area contributed by atoms with Crippen LogP contribution in [0.1, 0.15) is 5.56 Å². The van der Waals surface area contributed by atoms with Crippen LogP contribution < -0.4 is 4.31 Å². The summed E-state index contributed by atoms with van der Waals surface area (Å²) in [7, 11) is -4.51. The maximum Gasteiger partial charge on any atom is 0.427 e. The molecule has 0 saturated heterocycles. The van der Waals surface area contributed by atoms with Crippen LogP contribution >= 0.6 is 11.3 Å². The number of nitriles is 1. The predicted molar refractivity (Wildman–Crippen MR) is 70.9 cm³/mol. The third kappa shape index (κ3) is 2.69. The highest BCUT2D eigenvalue weighted by molar-refractivity contribution is 7.93. The number of thiazole rings is 1. The highest BCUT2D eigenvalue weighted by Crippen LogP contribution is 2.24. The SMILES string of the molecule is N#Cc1cc(S(=O)(=O)N(C(=O)O)c2cscn2)ccc1F. The van der Waals surface area contributed by atoms with Gasteiger partial charge in [-0.3, -0.25) is 0 Å². The van der Waals surface area contributed by atoms with Crippen LogP contribution in [0.5, 0.6) is 0 Å². The molecule has 1 aromatic heterocycles. The summed E-state index contributed by atoms with van der Waals surface area (Å²) >= 11 is 1.01. The molecule has 1 amide bonds. The van der Waals surface area contributed by atoms with Gasteiger partial charge in [-0.2, -0.15) is 5.26 Å². The summed E-state index contributed by atoms with van der Waals surface area (Å²) in [5.41, 5.74) is 0.770. The van der Waals surface area contributed by atoms with Crippen molar-refractivity contribution in [2.45, 2.75) is 4.90 Å². The molecule has 0 aliphatic heterocycles. The maximum atomic E-state index is 13.2. The lowest BCUT2D eigenvalue weighted by atomic mass is 10.2. The number of rotatable bonds is 3. The molecule has 10 heteroatoms. The Bertz CT molecular complexity index is 828. The molecule has 0 bridgehead atoms. The van der Waals surface area contributed by atoms with E-state index in [9.17, 15) is 17.6 Å². The van der Waals surface area contributed by atoms with Gasteiger partial charge in [0, 0.05) is 5.38 Å². The Morgan fingerprint density at radius 2 is 2.19 bits per heavy atom. The molecule has 108 valence electrons. The Kier molecular flexibility index (Phi) is 3.88. The van der Waals surface area contributed by atoms with Crippen molar-refractivity contribution in [3.05, 3.63) is 40.5 Å². The lowest BCUT2D eigenvalue weighted by Crippen LogP contribution is -2.36. The van der Waals surface area contributed by atoms with Crippen LogP contribution in [0.4, 0.5) is 15.0 Å². The lowest BCUT2D eigenvalue weighted by molar-refractivity contribution is 0.206. The van der Waals surface area contributed by atoms with E-state index in [1.54, 1.807) is 0 Å². The highest BCUT2D eigenvalue weighted by atomic mass is 32.2. The monoisotopic (exact) mass is 327 g/mol. The minimum Gasteiger partial charge on any atom is -0.464 e. The summed E-state index contributed by atoms with van der Waals surface area (Å²) in [5, 5.41) is 19.0. The van der Waals surface area contributed by atoms with Crippen LogP contribution in [0.3, 0.4) is 0 Å². The molecule has 1 N–H and O–H groups in total. The van der Waals surface area contributed by atoms with E-state index in [1.807, 2.05) is 0 Å². The van der Waals surface area contributed by atoms with E-state index in [-0.39, 0.29) is 10.1 Å². The average molecular weight is 327 g/mol. The molecular weight excluding hydrogens is 321 g/mol. The first-order valence-corrected chi connectivity index (χ1v) is 7.62. The van der Waals surface area contributed by atoms with Crippen molar-refractivity contribution in [1.82, 2.24) is 4.98 Å². The van der Waals surface area contributed by atoms with Crippen molar-refractivity contribution in [2.75, 3.05) is 4.31 Å². The summed E-state index contributed by atoms with van der Waals surface area (Å²) in [6, 6.07) is 3.93. The average Bonchev–Trinajstić information content (AvgIpc) is 2.91. The van der Waals surface area contributed by atoms with E-state index in [4.69, 9.17) is 10.4 Å². The van der Waals surface area contributed by atoms with Crippen molar-refractivity contribution in [2.24, 2.45) is 0 Å². The first kappa shape index (κ1) is 14.9. The Labute approximate surface area is 122 Å². The number of hydrogen-bond donors (Lipinski definition) is 1. The molecule has 0 atom stereocenters. The zero-order chi connectivity index (χ0) is 15.6. The molecule has 0 spiro atoms. The van der Waals surface area contributed by atoms with Crippen LogP contribution in [0, 0.1) is 17.1 Å². The fourth-order valence-electron chi connectivity index (χ4n) is 1.49. The number of hydrogen-bond acceptors (Lipinski definition) is 6. The summed E-state index contributed by atoms with van der Waals surface area (Å²) in [5.74, 6) is -1.19. The molecule has 0 aliphatic carbocycles. The fraction of sp³-hybridized carbons (Fsp3) is 0. The van der Waals surface area contributed by atoms with Crippen molar-refractivity contribution in [3.8, 4) is 6.07 Å². The van der Waals surface area contributed by atoms with Crippen LogP contribution in [-0.4, -0.2) is 24.6 Å². The minimum absolute atomic E-state index is 0.0674. The molecule has 2 rings (SSSR count). The van der Waals surface area contributed by atoms with Crippen molar-refractivity contribution < 1.29 is 22.7 Å². The second-order valence-electron chi connectivity index (χ2n) is 3.65. The number of benzene rings is 1. The molecule has 0 radical (unpaired) electrons. The number of amides is 1. The quantitative estimate of drug-likeness (QED) is 0.923. The normalized spacial score (nSPS) is 10.9. The number of anilines is 1. The predicted octanol–water partition coefficient (Wildman–Crippen LogP) is 2.03. The van der Waals surface area contributed by atoms with Gasteiger partial charge in [-0.25, -0.2) is 22.6 Å². The maximum absolute atomic E-state index is 13.2. The van der Waals surface area contributed by atoms with Crippen LogP contribution in [0.2, 0.25) is 0 Å². The van der Waals surface area contributed by atoms with Crippen molar-refractivity contribution >= 4 is 33.3 Å². The van der Waals surface area contributed by atoms with Crippen molar-refractivity contribution in [1.29, 1.82) is 5.26 Å². The Balaban J connectivity index is 2.60. The number of halogens is 1. The Hall–Kier alpha value is -2.51. The van der Waals surface area contributed by atoms with E-state index in [0.717, 1.165) is 29.5 Å². The number of carbonyl (C=O) groups is 1. The first-order valence-electron chi connectivity index (χ1n) is 5.24. The number of nitrogens with zero attached hydrogens (tertiary/aromatic N) is 3. The zero-order valence-electron chi connectivity index (χ0n) is 10.1. The van der Waals surface area contributed by atoms with Gasteiger partial charge >= 0.3 is 6.09 Å². The molecule has 2 aromatic rings. The van der Waals surface area contributed by atoms with Gasteiger partial charge in [0.1, 0.15) is 11.9 Å². The molecule has 0 unspecified atom stereocenters.